The summed E-state index contributed by atoms with van der Waals surface area (Å²) in [4.78, 5) is 34.5. The summed E-state index contributed by atoms with van der Waals surface area (Å²) in [6.07, 6.45) is 0.769. The highest BCUT2D eigenvalue weighted by atomic mass is 16.3. The number of nitrogens with one attached hydrogen (secondary N) is 2. The maximum absolute atomic E-state index is 12.0. The van der Waals surface area contributed by atoms with Gasteiger partial charge in [-0.25, -0.2) is 0 Å². The van der Waals surface area contributed by atoms with Crippen molar-refractivity contribution in [2.24, 2.45) is 5.73 Å². The van der Waals surface area contributed by atoms with E-state index in [1.165, 1.54) is 12.1 Å². The molecule has 0 saturated carbocycles. The number of aromatic hydroxyl groups is 1. The average molecular weight is 291 g/mol. The van der Waals surface area contributed by atoms with E-state index in [1.807, 2.05) is 0 Å². The monoisotopic (exact) mass is 291 g/mol. The Balaban J connectivity index is 1.89. The first-order chi connectivity index (χ1) is 9.95. The SMILES string of the molecule is N[C@@H](Cc1ccc(O)cc1)C(=O)NC1CCC(=O)NC1=O. The molecule has 1 unspecified atom stereocenters. The molecular formula is C14H17N3O4. The van der Waals surface area contributed by atoms with E-state index in [1.54, 1.807) is 12.1 Å². The zero-order valence-electron chi connectivity index (χ0n) is 11.3. The molecule has 5 N–H and O–H groups in total. The lowest BCUT2D eigenvalue weighted by Crippen LogP contribution is -2.55. The third-order valence-electron chi connectivity index (χ3n) is 3.28. The predicted molar refractivity (Wildman–Crippen MR) is 74.1 cm³/mol. The lowest BCUT2D eigenvalue weighted by molar-refractivity contribution is -0.137. The second-order valence-electron chi connectivity index (χ2n) is 4.99. The molecule has 1 fully saturated rings. The minimum atomic E-state index is -0.806. The smallest absolute Gasteiger partial charge is 0.249 e. The average Bonchev–Trinajstić information content (AvgIpc) is 2.44. The zero-order chi connectivity index (χ0) is 15.4. The number of rotatable bonds is 4. The van der Waals surface area contributed by atoms with Crippen LogP contribution in [0.15, 0.2) is 24.3 Å². The Kier molecular flexibility index (Phi) is 4.54. The van der Waals surface area contributed by atoms with Crippen molar-refractivity contribution in [3.05, 3.63) is 29.8 Å². The van der Waals surface area contributed by atoms with E-state index in [-0.39, 0.29) is 24.5 Å². The van der Waals surface area contributed by atoms with Crippen molar-refractivity contribution >= 4 is 17.7 Å². The molecule has 1 aromatic carbocycles. The van der Waals surface area contributed by atoms with Crippen molar-refractivity contribution in [1.29, 1.82) is 0 Å². The van der Waals surface area contributed by atoms with Gasteiger partial charge >= 0.3 is 0 Å². The Bertz CT molecular complexity index is 556. The highest BCUT2D eigenvalue weighted by Gasteiger charge is 2.29. The van der Waals surface area contributed by atoms with Crippen molar-refractivity contribution < 1.29 is 19.5 Å². The van der Waals surface area contributed by atoms with E-state index in [2.05, 4.69) is 10.6 Å². The topological polar surface area (TPSA) is 122 Å². The molecule has 3 amide bonds. The summed E-state index contributed by atoms with van der Waals surface area (Å²) < 4.78 is 0. The summed E-state index contributed by atoms with van der Waals surface area (Å²) in [5.41, 5.74) is 6.61. The minimum Gasteiger partial charge on any atom is -0.508 e. The van der Waals surface area contributed by atoms with Gasteiger partial charge in [0.2, 0.25) is 17.7 Å². The van der Waals surface area contributed by atoms with E-state index >= 15 is 0 Å². The molecule has 1 aromatic rings. The Hall–Kier alpha value is -2.41. The lowest BCUT2D eigenvalue weighted by atomic mass is 10.0. The van der Waals surface area contributed by atoms with Gasteiger partial charge in [0.25, 0.3) is 0 Å². The number of hydrogen-bond acceptors (Lipinski definition) is 5. The maximum atomic E-state index is 12.0. The van der Waals surface area contributed by atoms with Crippen molar-refractivity contribution in [1.82, 2.24) is 10.6 Å². The number of nitrogens with two attached hydrogens (primary N) is 1. The molecule has 1 saturated heterocycles. The van der Waals surface area contributed by atoms with Gasteiger partial charge < -0.3 is 16.2 Å². The molecular weight excluding hydrogens is 274 g/mol. The van der Waals surface area contributed by atoms with Gasteiger partial charge in [0, 0.05) is 6.42 Å². The predicted octanol–water partition coefficient (Wildman–Crippen LogP) is -0.817. The van der Waals surface area contributed by atoms with E-state index in [4.69, 9.17) is 5.73 Å². The largest absolute Gasteiger partial charge is 0.508 e. The molecule has 0 radical (unpaired) electrons. The lowest BCUT2D eigenvalue weighted by Gasteiger charge is -2.23. The fraction of sp³-hybridized carbons (Fsp3) is 0.357. The quantitative estimate of drug-likeness (QED) is 0.540. The molecule has 7 nitrogen and oxygen atoms in total. The molecule has 7 heteroatoms. The number of hydrogen-bond donors (Lipinski definition) is 4. The molecule has 0 aromatic heterocycles. The van der Waals surface area contributed by atoms with E-state index in [0.717, 1.165) is 5.56 Å². The van der Waals surface area contributed by atoms with Crippen LogP contribution in [-0.4, -0.2) is 34.9 Å². The maximum Gasteiger partial charge on any atom is 0.249 e. The summed E-state index contributed by atoms with van der Waals surface area (Å²) in [5.74, 6) is -1.15. The number of phenolic OH excluding ortho intramolecular Hbond substituents is 1. The summed E-state index contributed by atoms with van der Waals surface area (Å²) in [7, 11) is 0. The van der Waals surface area contributed by atoms with Crippen LogP contribution in [0.2, 0.25) is 0 Å². The van der Waals surface area contributed by atoms with E-state index in [9.17, 15) is 19.5 Å². The first-order valence-electron chi connectivity index (χ1n) is 6.63. The number of phenols is 1. The Morgan fingerprint density at radius 3 is 2.67 bits per heavy atom. The Morgan fingerprint density at radius 1 is 1.38 bits per heavy atom. The molecule has 21 heavy (non-hydrogen) atoms. The number of carbonyl (C=O) groups is 3. The summed E-state index contributed by atoms with van der Waals surface area (Å²) in [6.45, 7) is 0. The summed E-state index contributed by atoms with van der Waals surface area (Å²) in [6, 6.07) is 4.85. The van der Waals surface area contributed by atoms with Crippen LogP contribution < -0.4 is 16.4 Å². The van der Waals surface area contributed by atoms with Crippen LogP contribution in [-0.2, 0) is 20.8 Å². The van der Waals surface area contributed by atoms with Gasteiger partial charge in [0.1, 0.15) is 11.8 Å². The summed E-state index contributed by atoms with van der Waals surface area (Å²) in [5, 5.41) is 13.9. The van der Waals surface area contributed by atoms with Gasteiger partial charge in [-0.15, -0.1) is 0 Å². The number of benzene rings is 1. The fourth-order valence-corrected chi connectivity index (χ4v) is 2.09. The van der Waals surface area contributed by atoms with Crippen LogP contribution in [0.3, 0.4) is 0 Å². The van der Waals surface area contributed by atoms with E-state index < -0.39 is 23.9 Å². The molecule has 2 atom stereocenters. The fourth-order valence-electron chi connectivity index (χ4n) is 2.09. The van der Waals surface area contributed by atoms with Crippen LogP contribution in [0.5, 0.6) is 5.75 Å². The molecule has 112 valence electrons. The van der Waals surface area contributed by atoms with Crippen LogP contribution in [0.25, 0.3) is 0 Å². The van der Waals surface area contributed by atoms with Gasteiger partial charge in [0.15, 0.2) is 0 Å². The van der Waals surface area contributed by atoms with Gasteiger partial charge in [0.05, 0.1) is 6.04 Å². The van der Waals surface area contributed by atoms with Crippen molar-refractivity contribution in [3.8, 4) is 5.75 Å². The van der Waals surface area contributed by atoms with Gasteiger partial charge in [-0.05, 0) is 30.5 Å². The first kappa shape index (κ1) is 15.0. The van der Waals surface area contributed by atoms with Crippen LogP contribution in [0, 0.1) is 0 Å². The van der Waals surface area contributed by atoms with Crippen LogP contribution >= 0.6 is 0 Å². The molecule has 0 spiro atoms. The molecule has 1 aliphatic heterocycles. The highest BCUT2D eigenvalue weighted by Crippen LogP contribution is 2.11. The van der Waals surface area contributed by atoms with Gasteiger partial charge in [-0.2, -0.15) is 0 Å². The Labute approximate surface area is 121 Å². The summed E-state index contributed by atoms with van der Waals surface area (Å²) >= 11 is 0. The van der Waals surface area contributed by atoms with Gasteiger partial charge in [-0.1, -0.05) is 12.1 Å². The minimum absolute atomic E-state index is 0.139. The Morgan fingerprint density at radius 2 is 2.05 bits per heavy atom. The standard InChI is InChI=1S/C14H17N3O4/c15-10(7-8-1-3-9(18)4-2-8)13(20)16-11-5-6-12(19)17-14(11)21/h1-4,10-11,18H,5-7,15H2,(H,16,20)(H,17,19,21)/t10-,11?/m0/s1. The van der Waals surface area contributed by atoms with E-state index in [0.29, 0.717) is 6.42 Å². The number of carbonyl (C=O) groups excluding carboxylic acids is 3. The van der Waals surface area contributed by atoms with Crippen molar-refractivity contribution in [2.45, 2.75) is 31.3 Å². The van der Waals surface area contributed by atoms with Gasteiger partial charge in [-0.3, -0.25) is 19.7 Å². The number of imide groups is 1. The molecule has 1 heterocycles. The number of amides is 3. The van der Waals surface area contributed by atoms with Crippen LogP contribution in [0.1, 0.15) is 18.4 Å². The first-order valence-corrected chi connectivity index (χ1v) is 6.63. The van der Waals surface area contributed by atoms with Crippen LogP contribution in [0.4, 0.5) is 0 Å². The molecule has 1 aliphatic rings. The molecule has 2 rings (SSSR count). The number of piperidine rings is 1. The molecule has 0 bridgehead atoms. The third kappa shape index (κ3) is 4.03. The van der Waals surface area contributed by atoms with Crippen molar-refractivity contribution in [2.75, 3.05) is 0 Å². The highest BCUT2D eigenvalue weighted by molar-refractivity contribution is 6.02. The third-order valence-corrected chi connectivity index (χ3v) is 3.28. The normalized spacial score (nSPS) is 19.8. The second-order valence-corrected chi connectivity index (χ2v) is 4.99. The van der Waals surface area contributed by atoms with Crippen molar-refractivity contribution in [3.63, 3.8) is 0 Å². The second kappa shape index (κ2) is 6.36. The molecule has 0 aliphatic carbocycles. The zero-order valence-corrected chi connectivity index (χ0v) is 11.3.